The Kier molecular flexibility index (Phi) is 6.71. The number of nitrogens with zero attached hydrogens (tertiary/aromatic N) is 4. The molecule has 156 valence electrons. The van der Waals surface area contributed by atoms with Crippen LogP contribution in [0.25, 0.3) is 11.2 Å². The van der Waals surface area contributed by atoms with Gasteiger partial charge < -0.3 is 25.1 Å². The second kappa shape index (κ2) is 9.42. The Hall–Kier alpha value is -3.07. The molecule has 29 heavy (non-hydrogen) atoms. The third kappa shape index (κ3) is 4.51. The van der Waals surface area contributed by atoms with Gasteiger partial charge >= 0.3 is 6.01 Å². The van der Waals surface area contributed by atoms with Gasteiger partial charge in [-0.05, 0) is 24.5 Å². The minimum atomic E-state index is 0.0828. The lowest BCUT2D eigenvalue weighted by atomic mass is 10.1. The first-order valence-corrected chi connectivity index (χ1v) is 9.58. The van der Waals surface area contributed by atoms with E-state index in [0.717, 1.165) is 24.0 Å². The number of rotatable bonds is 10. The van der Waals surface area contributed by atoms with E-state index in [9.17, 15) is 0 Å². The van der Waals surface area contributed by atoms with E-state index in [1.165, 1.54) is 0 Å². The maximum Gasteiger partial charge on any atom is 0.320 e. The van der Waals surface area contributed by atoms with Crippen molar-refractivity contribution >= 4 is 17.0 Å². The number of aromatic nitrogens is 4. The highest BCUT2D eigenvalue weighted by atomic mass is 16.5. The largest absolute Gasteiger partial charge is 0.496 e. The second-order valence-corrected chi connectivity index (χ2v) is 6.57. The van der Waals surface area contributed by atoms with E-state index in [0.29, 0.717) is 42.5 Å². The fourth-order valence-electron chi connectivity index (χ4n) is 3.03. The number of nitrogens with two attached hydrogens (primary N) is 1. The number of unbranched alkanes of at least 4 members (excludes halogenated alkanes) is 1. The van der Waals surface area contributed by atoms with Gasteiger partial charge in [-0.3, -0.25) is 4.57 Å². The highest BCUT2D eigenvalue weighted by Crippen LogP contribution is 2.29. The lowest BCUT2D eigenvalue weighted by Crippen LogP contribution is -2.08. The van der Waals surface area contributed by atoms with Crippen LogP contribution in [-0.4, -0.2) is 52.1 Å². The molecule has 0 aliphatic carbocycles. The molecule has 0 aliphatic heterocycles. The molecule has 9 heteroatoms. The predicted octanol–water partition coefficient (Wildman–Crippen LogP) is 2.19. The molecule has 0 saturated heterocycles. The van der Waals surface area contributed by atoms with Crippen LogP contribution in [0.2, 0.25) is 0 Å². The minimum Gasteiger partial charge on any atom is -0.496 e. The Morgan fingerprint density at radius 1 is 1.14 bits per heavy atom. The van der Waals surface area contributed by atoms with Gasteiger partial charge in [-0.25, -0.2) is 0 Å². The average molecular weight is 401 g/mol. The standard InChI is InChI=1S/C20H27N5O4/c1-4-5-10-29-19-23-17(21)16-18(24-19)25(20(22-16)28-3)12-14-7-6-13(8-9-26)11-15(14)27-2/h6-7,11,26H,4-5,8-10,12H2,1-3H3,(H2,21,23,24). The van der Waals surface area contributed by atoms with Gasteiger partial charge in [0.05, 0.1) is 27.4 Å². The maximum atomic E-state index is 9.17. The molecule has 0 saturated carbocycles. The van der Waals surface area contributed by atoms with Crippen LogP contribution in [0.3, 0.4) is 0 Å². The highest BCUT2D eigenvalue weighted by Gasteiger charge is 2.19. The number of benzene rings is 1. The van der Waals surface area contributed by atoms with Crippen LogP contribution in [0.5, 0.6) is 17.8 Å². The number of hydrogen-bond donors (Lipinski definition) is 2. The first-order valence-electron chi connectivity index (χ1n) is 9.58. The zero-order valence-corrected chi connectivity index (χ0v) is 17.0. The molecular weight excluding hydrogens is 374 g/mol. The second-order valence-electron chi connectivity index (χ2n) is 6.57. The molecule has 3 aromatic rings. The van der Waals surface area contributed by atoms with E-state index in [2.05, 4.69) is 21.9 Å². The molecule has 0 atom stereocenters. The van der Waals surface area contributed by atoms with Crippen molar-refractivity contribution in [3.05, 3.63) is 29.3 Å². The number of hydrogen-bond acceptors (Lipinski definition) is 8. The summed E-state index contributed by atoms with van der Waals surface area (Å²) in [7, 11) is 3.16. The third-order valence-corrected chi connectivity index (χ3v) is 4.56. The van der Waals surface area contributed by atoms with Gasteiger partial charge in [0.15, 0.2) is 17.0 Å². The molecule has 0 spiro atoms. The smallest absolute Gasteiger partial charge is 0.320 e. The van der Waals surface area contributed by atoms with Crippen molar-refractivity contribution in [1.29, 1.82) is 0 Å². The molecule has 3 N–H and O–H groups in total. The Labute approximate surface area is 169 Å². The number of ether oxygens (including phenoxy) is 3. The summed E-state index contributed by atoms with van der Waals surface area (Å²) in [5.41, 5.74) is 8.99. The Bertz CT molecular complexity index is 973. The highest BCUT2D eigenvalue weighted by molar-refractivity contribution is 5.83. The van der Waals surface area contributed by atoms with Crippen molar-refractivity contribution < 1.29 is 19.3 Å². The van der Waals surface area contributed by atoms with E-state index < -0.39 is 0 Å². The number of anilines is 1. The van der Waals surface area contributed by atoms with Crippen LogP contribution < -0.4 is 19.9 Å². The van der Waals surface area contributed by atoms with Gasteiger partial charge in [0, 0.05) is 12.2 Å². The summed E-state index contributed by atoms with van der Waals surface area (Å²) < 4.78 is 18.4. The first kappa shape index (κ1) is 20.7. The fraction of sp³-hybridized carbons (Fsp3) is 0.450. The number of methoxy groups -OCH3 is 2. The molecule has 2 heterocycles. The quantitative estimate of drug-likeness (QED) is 0.497. The molecule has 0 amide bonds. The van der Waals surface area contributed by atoms with Gasteiger partial charge in [-0.2, -0.15) is 15.0 Å². The summed E-state index contributed by atoms with van der Waals surface area (Å²) in [5, 5.41) is 9.17. The van der Waals surface area contributed by atoms with Gasteiger partial charge in [-0.1, -0.05) is 25.5 Å². The van der Waals surface area contributed by atoms with Crippen molar-refractivity contribution in [2.75, 3.05) is 33.2 Å². The number of imidazole rings is 1. The van der Waals surface area contributed by atoms with Crippen LogP contribution in [0.15, 0.2) is 18.2 Å². The number of aliphatic hydroxyl groups excluding tert-OH is 1. The van der Waals surface area contributed by atoms with E-state index in [-0.39, 0.29) is 18.4 Å². The molecule has 0 unspecified atom stereocenters. The molecule has 0 fully saturated rings. The van der Waals surface area contributed by atoms with E-state index in [1.54, 1.807) is 14.2 Å². The van der Waals surface area contributed by atoms with Gasteiger partial charge in [0.1, 0.15) is 5.75 Å². The zero-order chi connectivity index (χ0) is 20.8. The Morgan fingerprint density at radius 2 is 1.97 bits per heavy atom. The van der Waals surface area contributed by atoms with Crippen molar-refractivity contribution in [1.82, 2.24) is 19.5 Å². The van der Waals surface area contributed by atoms with Crippen LogP contribution in [0.4, 0.5) is 5.82 Å². The summed E-state index contributed by atoms with van der Waals surface area (Å²) >= 11 is 0. The van der Waals surface area contributed by atoms with Crippen molar-refractivity contribution in [2.24, 2.45) is 0 Å². The molecule has 1 aromatic carbocycles. The molecule has 0 bridgehead atoms. The van der Waals surface area contributed by atoms with E-state index >= 15 is 0 Å². The van der Waals surface area contributed by atoms with Crippen molar-refractivity contribution in [3.8, 4) is 17.8 Å². The maximum absolute atomic E-state index is 9.17. The minimum absolute atomic E-state index is 0.0828. The van der Waals surface area contributed by atoms with Gasteiger partial charge in [0.25, 0.3) is 6.01 Å². The first-order chi connectivity index (χ1) is 14.1. The summed E-state index contributed by atoms with van der Waals surface area (Å²) in [5.74, 6) is 0.949. The summed E-state index contributed by atoms with van der Waals surface area (Å²) in [6, 6.07) is 6.42. The number of fused-ring (bicyclic) bond motifs is 1. The molecule has 9 nitrogen and oxygen atoms in total. The zero-order valence-electron chi connectivity index (χ0n) is 17.0. The van der Waals surface area contributed by atoms with Crippen molar-refractivity contribution in [2.45, 2.75) is 32.7 Å². The Balaban J connectivity index is 2.01. The summed E-state index contributed by atoms with van der Waals surface area (Å²) in [6.07, 6.45) is 2.48. The summed E-state index contributed by atoms with van der Waals surface area (Å²) in [4.78, 5) is 13.1. The van der Waals surface area contributed by atoms with E-state index in [1.807, 2.05) is 22.8 Å². The van der Waals surface area contributed by atoms with Gasteiger partial charge in [-0.15, -0.1) is 0 Å². The normalized spacial score (nSPS) is 11.0. The molecule has 0 aliphatic rings. The number of aliphatic hydroxyl groups is 1. The monoisotopic (exact) mass is 401 g/mol. The fourth-order valence-corrected chi connectivity index (χ4v) is 3.03. The lowest BCUT2D eigenvalue weighted by molar-refractivity contribution is 0.286. The molecular formula is C20H27N5O4. The Morgan fingerprint density at radius 3 is 2.66 bits per heavy atom. The van der Waals surface area contributed by atoms with Crippen LogP contribution in [0.1, 0.15) is 30.9 Å². The van der Waals surface area contributed by atoms with Crippen molar-refractivity contribution in [3.63, 3.8) is 0 Å². The van der Waals surface area contributed by atoms with Gasteiger partial charge in [0.2, 0.25) is 0 Å². The molecule has 2 aromatic heterocycles. The lowest BCUT2D eigenvalue weighted by Gasteiger charge is -2.13. The molecule has 3 rings (SSSR count). The molecule has 0 radical (unpaired) electrons. The topological polar surface area (TPSA) is 118 Å². The van der Waals surface area contributed by atoms with Crippen LogP contribution in [-0.2, 0) is 13.0 Å². The number of nitrogen functional groups attached to an aromatic ring is 1. The SMILES string of the molecule is CCCCOc1nc(N)c2nc(OC)n(Cc3ccc(CCO)cc3OC)c2n1. The van der Waals surface area contributed by atoms with Crippen LogP contribution >= 0.6 is 0 Å². The van der Waals surface area contributed by atoms with E-state index in [4.69, 9.17) is 25.1 Å². The summed E-state index contributed by atoms with van der Waals surface area (Å²) in [6.45, 7) is 3.10. The van der Waals surface area contributed by atoms with Crippen LogP contribution in [0, 0.1) is 0 Å². The predicted molar refractivity (Wildman–Crippen MR) is 110 cm³/mol. The average Bonchev–Trinajstić information content (AvgIpc) is 3.07. The third-order valence-electron chi connectivity index (χ3n) is 4.56.